The third kappa shape index (κ3) is 8.88. The van der Waals surface area contributed by atoms with Gasteiger partial charge in [0.2, 0.25) is 0 Å². The van der Waals surface area contributed by atoms with Crippen LogP contribution in [0.25, 0.3) is 0 Å². The lowest BCUT2D eigenvalue weighted by molar-refractivity contribution is -0.136. The van der Waals surface area contributed by atoms with Crippen LogP contribution in [0.1, 0.15) is 78.6 Å². The zero-order chi connectivity index (χ0) is 19.2. The smallest absolute Gasteiger partial charge is 0.311 e. The third-order valence-electron chi connectivity index (χ3n) is 3.96. The molecule has 0 radical (unpaired) electrons. The molecule has 0 heterocycles. The summed E-state index contributed by atoms with van der Waals surface area (Å²) in [7, 11) is 0. The minimum Gasteiger partial charge on any atom is -0.493 e. The van der Waals surface area contributed by atoms with Gasteiger partial charge in [-0.05, 0) is 18.6 Å². The van der Waals surface area contributed by atoms with Crippen LogP contribution in [-0.2, 0) is 9.59 Å². The summed E-state index contributed by atoms with van der Waals surface area (Å²) < 4.78 is 16.2. The quantitative estimate of drug-likeness (QED) is 0.265. The Hall–Kier alpha value is -2.04. The van der Waals surface area contributed by atoms with E-state index in [2.05, 4.69) is 6.92 Å². The Labute approximate surface area is 157 Å². The first kappa shape index (κ1) is 22.0. The first-order valence-corrected chi connectivity index (χ1v) is 9.78. The molecule has 0 aromatic heterocycles. The maximum absolute atomic E-state index is 11.6. The van der Waals surface area contributed by atoms with Gasteiger partial charge in [0.25, 0.3) is 0 Å². The van der Waals surface area contributed by atoms with Crippen LogP contribution < -0.4 is 14.2 Å². The molecule has 0 unspecified atom stereocenters. The summed E-state index contributed by atoms with van der Waals surface area (Å²) in [5, 5.41) is 0. The SMILES string of the molecule is CCCCCCCCCOc1ccc(OC(=O)CC)c(OC(=O)CC)c1. The van der Waals surface area contributed by atoms with E-state index in [1.165, 1.54) is 32.1 Å². The Bertz CT molecular complexity index is 553. The molecule has 0 aliphatic rings. The van der Waals surface area contributed by atoms with Crippen molar-refractivity contribution in [3.63, 3.8) is 0 Å². The van der Waals surface area contributed by atoms with Crippen molar-refractivity contribution in [1.29, 1.82) is 0 Å². The van der Waals surface area contributed by atoms with Crippen LogP contribution in [0, 0.1) is 0 Å². The molecule has 0 fully saturated rings. The molecule has 0 saturated carbocycles. The van der Waals surface area contributed by atoms with Gasteiger partial charge in [0.15, 0.2) is 11.5 Å². The fourth-order valence-corrected chi connectivity index (χ4v) is 2.38. The van der Waals surface area contributed by atoms with Gasteiger partial charge in [-0.2, -0.15) is 0 Å². The molecule has 0 atom stereocenters. The van der Waals surface area contributed by atoms with Gasteiger partial charge >= 0.3 is 11.9 Å². The summed E-state index contributed by atoms with van der Waals surface area (Å²) >= 11 is 0. The van der Waals surface area contributed by atoms with Crippen LogP contribution in [0.2, 0.25) is 0 Å². The molecule has 5 heteroatoms. The fraction of sp³-hybridized carbons (Fsp3) is 0.619. The highest BCUT2D eigenvalue weighted by Gasteiger charge is 2.14. The van der Waals surface area contributed by atoms with Gasteiger partial charge in [0, 0.05) is 18.9 Å². The summed E-state index contributed by atoms with van der Waals surface area (Å²) in [4.78, 5) is 23.1. The van der Waals surface area contributed by atoms with E-state index in [0.29, 0.717) is 12.4 Å². The number of hydrogen-bond donors (Lipinski definition) is 0. The largest absolute Gasteiger partial charge is 0.493 e. The predicted octanol–water partition coefficient (Wildman–Crippen LogP) is 5.45. The van der Waals surface area contributed by atoms with Crippen molar-refractivity contribution < 1.29 is 23.8 Å². The fourth-order valence-electron chi connectivity index (χ4n) is 2.38. The second-order valence-electron chi connectivity index (χ2n) is 6.23. The molecule has 1 rings (SSSR count). The molecule has 5 nitrogen and oxygen atoms in total. The van der Waals surface area contributed by atoms with E-state index in [9.17, 15) is 9.59 Å². The molecule has 1 aromatic carbocycles. The van der Waals surface area contributed by atoms with Gasteiger partial charge in [-0.3, -0.25) is 9.59 Å². The number of hydrogen-bond acceptors (Lipinski definition) is 5. The molecule has 146 valence electrons. The zero-order valence-corrected chi connectivity index (χ0v) is 16.3. The van der Waals surface area contributed by atoms with E-state index in [4.69, 9.17) is 14.2 Å². The first-order valence-electron chi connectivity index (χ1n) is 9.78. The minimum absolute atomic E-state index is 0.218. The molecular formula is C21H32O5. The Morgan fingerprint density at radius 1 is 0.769 bits per heavy atom. The molecule has 1 aromatic rings. The van der Waals surface area contributed by atoms with Gasteiger partial charge in [0.1, 0.15) is 5.75 Å². The maximum Gasteiger partial charge on any atom is 0.311 e. The van der Waals surface area contributed by atoms with Crippen LogP contribution in [0.15, 0.2) is 18.2 Å². The number of rotatable bonds is 13. The van der Waals surface area contributed by atoms with Crippen molar-refractivity contribution in [2.24, 2.45) is 0 Å². The van der Waals surface area contributed by atoms with Gasteiger partial charge in [-0.1, -0.05) is 59.3 Å². The van der Waals surface area contributed by atoms with Crippen LogP contribution in [-0.4, -0.2) is 18.5 Å². The van der Waals surface area contributed by atoms with Gasteiger partial charge < -0.3 is 14.2 Å². The molecular weight excluding hydrogens is 332 g/mol. The normalized spacial score (nSPS) is 10.4. The summed E-state index contributed by atoms with van der Waals surface area (Å²) in [6.45, 7) is 6.25. The van der Waals surface area contributed by atoms with Crippen LogP contribution >= 0.6 is 0 Å². The van der Waals surface area contributed by atoms with Crippen LogP contribution in [0.4, 0.5) is 0 Å². The van der Waals surface area contributed by atoms with E-state index < -0.39 is 0 Å². The molecule has 0 bridgehead atoms. The van der Waals surface area contributed by atoms with Gasteiger partial charge in [0.05, 0.1) is 6.61 Å². The van der Waals surface area contributed by atoms with Gasteiger partial charge in [-0.25, -0.2) is 0 Å². The number of benzene rings is 1. The number of esters is 2. The molecule has 0 spiro atoms. The Morgan fingerprint density at radius 3 is 1.96 bits per heavy atom. The zero-order valence-electron chi connectivity index (χ0n) is 16.3. The topological polar surface area (TPSA) is 61.8 Å². The van der Waals surface area contributed by atoms with Crippen molar-refractivity contribution in [1.82, 2.24) is 0 Å². The van der Waals surface area contributed by atoms with E-state index >= 15 is 0 Å². The average molecular weight is 364 g/mol. The Morgan fingerprint density at radius 2 is 1.35 bits per heavy atom. The molecule has 0 aliphatic heterocycles. The van der Waals surface area contributed by atoms with E-state index in [0.717, 1.165) is 12.8 Å². The number of carbonyl (C=O) groups excluding carboxylic acids is 2. The summed E-state index contributed by atoms with van der Waals surface area (Å²) in [5.74, 6) is 0.294. The maximum atomic E-state index is 11.6. The standard InChI is InChI=1S/C21H32O5/c1-4-7-8-9-10-11-12-15-24-17-13-14-18(25-20(22)5-2)19(16-17)26-21(23)6-3/h13-14,16H,4-12,15H2,1-3H3. The van der Waals surface area contributed by atoms with E-state index in [-0.39, 0.29) is 36.3 Å². The average Bonchev–Trinajstić information content (AvgIpc) is 2.65. The third-order valence-corrected chi connectivity index (χ3v) is 3.96. The van der Waals surface area contributed by atoms with Crippen LogP contribution in [0.5, 0.6) is 17.2 Å². The van der Waals surface area contributed by atoms with Crippen molar-refractivity contribution in [3.8, 4) is 17.2 Å². The van der Waals surface area contributed by atoms with Crippen molar-refractivity contribution in [2.45, 2.75) is 78.6 Å². The predicted molar refractivity (Wildman–Crippen MR) is 102 cm³/mol. The molecule has 0 saturated heterocycles. The molecule has 0 N–H and O–H groups in total. The van der Waals surface area contributed by atoms with Crippen molar-refractivity contribution >= 4 is 11.9 Å². The highest BCUT2D eigenvalue weighted by Crippen LogP contribution is 2.32. The molecule has 0 aliphatic carbocycles. The van der Waals surface area contributed by atoms with Gasteiger partial charge in [-0.15, -0.1) is 0 Å². The summed E-state index contributed by atoms with van der Waals surface area (Å²) in [5.41, 5.74) is 0. The lowest BCUT2D eigenvalue weighted by atomic mass is 10.1. The first-order chi connectivity index (χ1) is 12.6. The number of unbranched alkanes of at least 4 members (excludes halogenated alkanes) is 6. The Kier molecular flexibility index (Phi) is 11.2. The highest BCUT2D eigenvalue weighted by molar-refractivity contribution is 5.76. The minimum atomic E-state index is -0.386. The summed E-state index contributed by atoms with van der Waals surface area (Å²) in [6, 6.07) is 4.93. The van der Waals surface area contributed by atoms with Crippen LogP contribution in [0.3, 0.4) is 0 Å². The second kappa shape index (κ2) is 13.2. The van der Waals surface area contributed by atoms with Crippen molar-refractivity contribution in [2.75, 3.05) is 6.61 Å². The highest BCUT2D eigenvalue weighted by atomic mass is 16.6. The molecule has 0 amide bonds. The number of carbonyl (C=O) groups is 2. The van der Waals surface area contributed by atoms with E-state index in [1.807, 2.05) is 0 Å². The monoisotopic (exact) mass is 364 g/mol. The Balaban J connectivity index is 2.53. The lowest BCUT2D eigenvalue weighted by Gasteiger charge is -2.12. The molecule has 26 heavy (non-hydrogen) atoms. The second-order valence-corrected chi connectivity index (χ2v) is 6.23. The number of ether oxygens (including phenoxy) is 3. The lowest BCUT2D eigenvalue weighted by Crippen LogP contribution is -2.10. The van der Waals surface area contributed by atoms with Crippen molar-refractivity contribution in [3.05, 3.63) is 18.2 Å². The van der Waals surface area contributed by atoms with E-state index in [1.54, 1.807) is 32.0 Å². The summed E-state index contributed by atoms with van der Waals surface area (Å²) in [6.07, 6.45) is 9.01.